The molecule has 0 radical (unpaired) electrons. The molecule has 4 amide bonds. The molecule has 0 atom stereocenters. The van der Waals surface area contributed by atoms with Crippen molar-refractivity contribution in [2.75, 3.05) is 6.61 Å². The molecule has 8 heteroatoms. The van der Waals surface area contributed by atoms with Crippen LogP contribution in [0.2, 0.25) is 0 Å². The van der Waals surface area contributed by atoms with Gasteiger partial charge in [-0.2, -0.15) is 0 Å². The summed E-state index contributed by atoms with van der Waals surface area (Å²) in [6, 6.07) is 6.44. The molecule has 4 N–H and O–H groups in total. The van der Waals surface area contributed by atoms with E-state index in [1.54, 1.807) is 31.2 Å². The first-order valence-corrected chi connectivity index (χ1v) is 7.28. The maximum Gasteiger partial charge on any atom is 0.426 e. The number of urea groups is 1. The predicted octanol–water partition coefficient (Wildman–Crippen LogP) is 1.29. The van der Waals surface area contributed by atoms with E-state index in [9.17, 15) is 14.4 Å². The Morgan fingerprint density at radius 1 is 1.09 bits per heavy atom. The molecule has 126 valence electrons. The van der Waals surface area contributed by atoms with Crippen LogP contribution in [-0.2, 0) is 11.3 Å². The molecule has 23 heavy (non-hydrogen) atoms. The number of rotatable bonds is 5. The van der Waals surface area contributed by atoms with E-state index in [4.69, 9.17) is 0 Å². The first-order chi connectivity index (χ1) is 10.9. The molecule has 0 saturated heterocycles. The quantitative estimate of drug-likeness (QED) is 0.612. The lowest BCUT2D eigenvalue weighted by atomic mass is 10.1. The van der Waals surface area contributed by atoms with Gasteiger partial charge in [-0.05, 0) is 38.5 Å². The maximum atomic E-state index is 11.8. The number of benzene rings is 1. The number of carbonyl (C=O) groups excluding carboxylic acids is 3. The van der Waals surface area contributed by atoms with Crippen molar-refractivity contribution >= 4 is 18.0 Å². The number of hydrogen-bond donors (Lipinski definition) is 4. The van der Waals surface area contributed by atoms with Gasteiger partial charge in [0.2, 0.25) is 0 Å². The van der Waals surface area contributed by atoms with Gasteiger partial charge >= 0.3 is 12.1 Å². The molecule has 1 rings (SSSR count). The minimum absolute atomic E-state index is 0.0629. The molecule has 0 unspecified atom stereocenters. The summed E-state index contributed by atoms with van der Waals surface area (Å²) in [6.07, 6.45) is -0.724. The second-order valence-electron chi connectivity index (χ2n) is 4.98. The lowest BCUT2D eigenvalue weighted by Crippen LogP contribution is -2.41. The van der Waals surface area contributed by atoms with Crippen LogP contribution < -0.4 is 21.5 Å². The Morgan fingerprint density at radius 2 is 1.74 bits per heavy atom. The lowest BCUT2D eigenvalue weighted by molar-refractivity contribution is 0.0912. The number of nitrogens with one attached hydrogen (secondary N) is 4. The molecule has 0 spiro atoms. The number of hydrogen-bond acceptors (Lipinski definition) is 4. The molecular weight excluding hydrogens is 300 g/mol. The summed E-state index contributed by atoms with van der Waals surface area (Å²) in [4.78, 5) is 34.3. The lowest BCUT2D eigenvalue weighted by Gasteiger charge is -2.10. The van der Waals surface area contributed by atoms with Crippen LogP contribution in [0.4, 0.5) is 9.59 Å². The molecule has 1 aromatic carbocycles. The van der Waals surface area contributed by atoms with E-state index in [1.807, 2.05) is 13.8 Å². The van der Waals surface area contributed by atoms with Crippen LogP contribution in [0.1, 0.15) is 36.7 Å². The Labute approximate surface area is 134 Å². The van der Waals surface area contributed by atoms with E-state index in [-0.39, 0.29) is 18.7 Å². The van der Waals surface area contributed by atoms with Gasteiger partial charge in [-0.25, -0.2) is 15.0 Å². The van der Waals surface area contributed by atoms with E-state index >= 15 is 0 Å². The van der Waals surface area contributed by atoms with Crippen LogP contribution in [-0.4, -0.2) is 30.7 Å². The first-order valence-electron chi connectivity index (χ1n) is 7.28. The van der Waals surface area contributed by atoms with Crippen LogP contribution in [0, 0.1) is 0 Å². The second kappa shape index (κ2) is 9.29. The van der Waals surface area contributed by atoms with Gasteiger partial charge in [0, 0.05) is 18.2 Å². The minimum Gasteiger partial charge on any atom is -0.449 e. The van der Waals surface area contributed by atoms with E-state index < -0.39 is 12.0 Å². The van der Waals surface area contributed by atoms with Crippen LogP contribution in [0.3, 0.4) is 0 Å². The Kier molecular flexibility index (Phi) is 7.38. The number of amides is 4. The molecule has 0 bridgehead atoms. The molecule has 0 saturated carbocycles. The molecule has 0 fully saturated rings. The van der Waals surface area contributed by atoms with Crippen LogP contribution >= 0.6 is 0 Å². The fourth-order valence-corrected chi connectivity index (χ4v) is 1.62. The van der Waals surface area contributed by atoms with Gasteiger partial charge in [0.25, 0.3) is 5.91 Å². The molecular formula is C15H22N4O4. The zero-order valence-corrected chi connectivity index (χ0v) is 13.4. The van der Waals surface area contributed by atoms with Gasteiger partial charge in [-0.1, -0.05) is 12.1 Å². The molecule has 0 aliphatic heterocycles. The first kappa shape index (κ1) is 18.3. The van der Waals surface area contributed by atoms with Crippen molar-refractivity contribution in [1.29, 1.82) is 0 Å². The largest absolute Gasteiger partial charge is 0.449 e. The Balaban J connectivity index is 2.44. The highest BCUT2D eigenvalue weighted by atomic mass is 16.5. The Hall–Kier alpha value is -2.77. The third kappa shape index (κ3) is 7.16. The highest BCUT2D eigenvalue weighted by molar-refractivity contribution is 5.94. The van der Waals surface area contributed by atoms with Gasteiger partial charge in [0.05, 0.1) is 6.61 Å². The fraction of sp³-hybridized carbons (Fsp3) is 0.400. The number of carbonyl (C=O) groups is 3. The van der Waals surface area contributed by atoms with Crippen LogP contribution in [0.25, 0.3) is 0 Å². The van der Waals surface area contributed by atoms with Crippen LogP contribution in [0.5, 0.6) is 0 Å². The Morgan fingerprint density at radius 3 is 2.30 bits per heavy atom. The third-order valence-corrected chi connectivity index (χ3v) is 2.64. The highest BCUT2D eigenvalue weighted by Crippen LogP contribution is 2.04. The van der Waals surface area contributed by atoms with Crippen LogP contribution in [0.15, 0.2) is 24.3 Å². The van der Waals surface area contributed by atoms with Crippen molar-refractivity contribution in [3.8, 4) is 0 Å². The highest BCUT2D eigenvalue weighted by Gasteiger charge is 2.08. The van der Waals surface area contributed by atoms with Gasteiger partial charge in [0.15, 0.2) is 0 Å². The average molecular weight is 322 g/mol. The summed E-state index contributed by atoms with van der Waals surface area (Å²) in [7, 11) is 0. The summed E-state index contributed by atoms with van der Waals surface area (Å²) in [5.41, 5.74) is 5.58. The number of ether oxygens (including phenoxy) is 1. The maximum absolute atomic E-state index is 11.8. The zero-order chi connectivity index (χ0) is 17.2. The second-order valence-corrected chi connectivity index (χ2v) is 4.98. The smallest absolute Gasteiger partial charge is 0.426 e. The monoisotopic (exact) mass is 322 g/mol. The molecule has 0 aliphatic rings. The topological polar surface area (TPSA) is 109 Å². The average Bonchev–Trinajstić information content (AvgIpc) is 2.51. The SMILES string of the molecule is CCOC(=O)NNC(=O)c1ccc(CNC(=O)NC(C)C)cc1. The van der Waals surface area contributed by atoms with Crippen molar-refractivity contribution < 1.29 is 19.1 Å². The summed E-state index contributed by atoms with van der Waals surface area (Å²) in [6.45, 7) is 5.97. The molecule has 1 aromatic rings. The molecule has 0 aromatic heterocycles. The Bertz CT molecular complexity index is 543. The van der Waals surface area contributed by atoms with Gasteiger partial charge in [-0.15, -0.1) is 0 Å². The third-order valence-electron chi connectivity index (χ3n) is 2.64. The van der Waals surface area contributed by atoms with Crippen molar-refractivity contribution in [1.82, 2.24) is 21.5 Å². The van der Waals surface area contributed by atoms with E-state index in [1.165, 1.54) is 0 Å². The predicted molar refractivity (Wildman–Crippen MR) is 84.6 cm³/mol. The minimum atomic E-state index is -0.724. The van der Waals surface area contributed by atoms with Crippen molar-refractivity contribution in [2.45, 2.75) is 33.4 Å². The summed E-state index contributed by atoms with van der Waals surface area (Å²) in [5, 5.41) is 5.42. The normalized spacial score (nSPS) is 9.91. The van der Waals surface area contributed by atoms with E-state index in [2.05, 4.69) is 26.2 Å². The van der Waals surface area contributed by atoms with Gasteiger partial charge < -0.3 is 15.4 Å². The molecule has 0 heterocycles. The van der Waals surface area contributed by atoms with E-state index in [0.29, 0.717) is 12.1 Å². The van der Waals surface area contributed by atoms with Crippen molar-refractivity contribution in [3.63, 3.8) is 0 Å². The zero-order valence-electron chi connectivity index (χ0n) is 13.4. The van der Waals surface area contributed by atoms with E-state index in [0.717, 1.165) is 5.56 Å². The number of hydrazine groups is 1. The summed E-state index contributed by atoms with van der Waals surface area (Å²) >= 11 is 0. The van der Waals surface area contributed by atoms with Crippen molar-refractivity contribution in [2.24, 2.45) is 0 Å². The summed E-state index contributed by atoms with van der Waals surface area (Å²) < 4.78 is 4.62. The molecule has 0 aliphatic carbocycles. The standard InChI is InChI=1S/C15H22N4O4/c1-4-23-15(22)19-18-13(20)12-7-5-11(6-8-12)9-16-14(21)17-10(2)3/h5-8,10H,4,9H2,1-3H3,(H,18,20)(H,19,22)(H2,16,17,21). The van der Waals surface area contributed by atoms with Gasteiger partial charge in [-0.3, -0.25) is 10.2 Å². The van der Waals surface area contributed by atoms with Crippen molar-refractivity contribution in [3.05, 3.63) is 35.4 Å². The van der Waals surface area contributed by atoms with Gasteiger partial charge in [0.1, 0.15) is 0 Å². The fourth-order valence-electron chi connectivity index (χ4n) is 1.62. The molecule has 8 nitrogen and oxygen atoms in total. The summed E-state index contributed by atoms with van der Waals surface area (Å²) in [5.74, 6) is -0.463.